The van der Waals surface area contributed by atoms with Crippen molar-refractivity contribution in [3.05, 3.63) is 63.5 Å². The summed E-state index contributed by atoms with van der Waals surface area (Å²) in [7, 11) is 0. The highest BCUT2D eigenvalue weighted by Crippen LogP contribution is 2.43. The maximum atomic E-state index is 13.5. The van der Waals surface area contributed by atoms with Crippen LogP contribution in [-0.2, 0) is 9.47 Å². The smallest absolute Gasteiger partial charge is 0.434 e. The molecule has 2 amide bonds. The molecular formula is C24H24ClN3O7. The molecule has 2 heterocycles. The number of rotatable bonds is 3. The molecule has 3 aromatic rings. The van der Waals surface area contributed by atoms with Crippen LogP contribution in [0.4, 0.5) is 21.0 Å². The number of ether oxygens (including phenoxy) is 2. The number of nitrogens with one attached hydrogen (secondary N) is 1. The van der Waals surface area contributed by atoms with Gasteiger partial charge in [0.25, 0.3) is 0 Å². The summed E-state index contributed by atoms with van der Waals surface area (Å²) in [5, 5.41) is 15.3. The number of anilines is 2. The SMILES string of the molecule is CC(C)OC(=O)N1c2c(c(=O)oc3ccccc23)N[C@H](c2ccc(O)c(Cl)c2)N1C(=O)OC(C)C. The number of halogens is 1. The molecule has 0 aliphatic carbocycles. The van der Waals surface area contributed by atoms with Gasteiger partial charge in [-0.15, -0.1) is 0 Å². The van der Waals surface area contributed by atoms with E-state index in [1.165, 1.54) is 18.2 Å². The predicted octanol–water partition coefficient (Wildman–Crippen LogP) is 5.39. The molecule has 184 valence electrons. The summed E-state index contributed by atoms with van der Waals surface area (Å²) < 4.78 is 16.4. The third-order valence-corrected chi connectivity index (χ3v) is 5.36. The molecule has 1 aromatic heterocycles. The largest absolute Gasteiger partial charge is 0.506 e. The normalized spacial score (nSPS) is 15.2. The molecule has 2 aromatic carbocycles. The lowest BCUT2D eigenvalue weighted by atomic mass is 10.1. The van der Waals surface area contributed by atoms with E-state index >= 15 is 0 Å². The van der Waals surface area contributed by atoms with Gasteiger partial charge >= 0.3 is 17.8 Å². The Hall–Kier alpha value is -3.92. The molecule has 4 rings (SSSR count). The molecule has 0 saturated heterocycles. The minimum atomic E-state index is -1.14. The zero-order valence-electron chi connectivity index (χ0n) is 19.4. The fraction of sp³-hybridized carbons (Fsp3) is 0.292. The number of hydrogen-bond donors (Lipinski definition) is 2. The van der Waals surface area contributed by atoms with E-state index < -0.39 is 36.2 Å². The Labute approximate surface area is 205 Å². The molecule has 10 nitrogen and oxygen atoms in total. The molecule has 0 saturated carbocycles. The minimum absolute atomic E-state index is 0.00845. The Balaban J connectivity index is 2.02. The van der Waals surface area contributed by atoms with Gasteiger partial charge in [0, 0.05) is 5.39 Å². The van der Waals surface area contributed by atoms with Gasteiger partial charge in [-0.2, -0.15) is 10.0 Å². The van der Waals surface area contributed by atoms with Crippen LogP contribution in [0.1, 0.15) is 39.4 Å². The van der Waals surface area contributed by atoms with Gasteiger partial charge in [0.2, 0.25) is 0 Å². The van der Waals surface area contributed by atoms with Gasteiger partial charge in [0.15, 0.2) is 6.17 Å². The van der Waals surface area contributed by atoms with Crippen molar-refractivity contribution in [1.29, 1.82) is 0 Å². The fourth-order valence-corrected chi connectivity index (χ4v) is 3.88. The van der Waals surface area contributed by atoms with E-state index in [1.54, 1.807) is 52.0 Å². The summed E-state index contributed by atoms with van der Waals surface area (Å²) in [5.41, 5.74) is -0.179. The molecule has 1 aliphatic heterocycles. The van der Waals surface area contributed by atoms with Crippen molar-refractivity contribution in [3.8, 4) is 5.75 Å². The number of hydrazine groups is 1. The maximum Gasteiger partial charge on any atom is 0.434 e. The average Bonchev–Trinajstić information content (AvgIpc) is 2.78. The molecule has 1 atom stereocenters. The van der Waals surface area contributed by atoms with Gasteiger partial charge in [0.05, 0.1) is 17.2 Å². The minimum Gasteiger partial charge on any atom is -0.506 e. The summed E-state index contributed by atoms with van der Waals surface area (Å²) in [5.74, 6) is -0.176. The number of aromatic hydroxyl groups is 1. The molecule has 0 bridgehead atoms. The monoisotopic (exact) mass is 501 g/mol. The van der Waals surface area contributed by atoms with Gasteiger partial charge in [-0.1, -0.05) is 29.8 Å². The van der Waals surface area contributed by atoms with Crippen LogP contribution < -0.4 is 16.0 Å². The first-order valence-electron chi connectivity index (χ1n) is 10.9. The van der Waals surface area contributed by atoms with Crippen LogP contribution in [0.3, 0.4) is 0 Å². The summed E-state index contributed by atoms with van der Waals surface area (Å²) in [4.78, 5) is 39.9. The first-order valence-corrected chi connectivity index (χ1v) is 11.3. The maximum absolute atomic E-state index is 13.5. The van der Waals surface area contributed by atoms with E-state index in [0.29, 0.717) is 10.9 Å². The van der Waals surface area contributed by atoms with E-state index in [-0.39, 0.29) is 27.7 Å². The number of nitrogens with zero attached hydrogens (tertiary/aromatic N) is 2. The third kappa shape index (κ3) is 4.57. The molecular weight excluding hydrogens is 478 g/mol. The van der Waals surface area contributed by atoms with Gasteiger partial charge in [-0.25, -0.2) is 14.4 Å². The molecule has 1 aliphatic rings. The summed E-state index contributed by atoms with van der Waals surface area (Å²) in [6.45, 7) is 6.64. The standard InChI is InChI=1S/C24H24ClN3O7/c1-12(2)33-23(31)27-20-15-7-5-6-8-18(15)35-22(30)19(20)26-21(28(27)24(32)34-13(3)4)14-9-10-17(29)16(25)11-14/h5-13,21,26,29H,1-4H3/t21-/m0/s1. The van der Waals surface area contributed by atoms with E-state index in [2.05, 4.69) is 5.32 Å². The van der Waals surface area contributed by atoms with E-state index in [0.717, 1.165) is 10.0 Å². The number of carbonyl (C=O) groups is 2. The Kier molecular flexibility index (Phi) is 6.49. The van der Waals surface area contributed by atoms with Gasteiger partial charge < -0.3 is 24.3 Å². The van der Waals surface area contributed by atoms with E-state index in [9.17, 15) is 19.5 Å². The highest BCUT2D eigenvalue weighted by atomic mass is 35.5. The number of phenols is 1. The van der Waals surface area contributed by atoms with Crippen LogP contribution in [0.5, 0.6) is 5.75 Å². The van der Waals surface area contributed by atoms with Gasteiger partial charge in [-0.05, 0) is 57.5 Å². The van der Waals surface area contributed by atoms with Crippen molar-refractivity contribution >= 4 is 46.1 Å². The third-order valence-electron chi connectivity index (χ3n) is 5.06. The number of fused-ring (bicyclic) bond motifs is 3. The quantitative estimate of drug-likeness (QED) is 0.458. The first-order chi connectivity index (χ1) is 16.6. The Bertz CT molecular complexity index is 1350. The average molecular weight is 502 g/mol. The molecule has 0 fully saturated rings. The van der Waals surface area contributed by atoms with Crippen LogP contribution in [0.15, 0.2) is 51.7 Å². The van der Waals surface area contributed by atoms with Crippen molar-refractivity contribution in [1.82, 2.24) is 5.01 Å². The molecule has 11 heteroatoms. The van der Waals surface area contributed by atoms with Crippen molar-refractivity contribution in [2.45, 2.75) is 46.1 Å². The lowest BCUT2D eigenvalue weighted by Crippen LogP contribution is -2.57. The Morgan fingerprint density at radius 2 is 1.71 bits per heavy atom. The molecule has 0 spiro atoms. The van der Waals surface area contributed by atoms with Crippen molar-refractivity contribution < 1.29 is 28.6 Å². The number of hydrogen-bond acceptors (Lipinski definition) is 8. The highest BCUT2D eigenvalue weighted by molar-refractivity contribution is 6.32. The van der Waals surface area contributed by atoms with Crippen molar-refractivity contribution in [2.24, 2.45) is 0 Å². The van der Waals surface area contributed by atoms with Crippen LogP contribution in [0.25, 0.3) is 11.0 Å². The predicted molar refractivity (Wildman–Crippen MR) is 130 cm³/mol. The van der Waals surface area contributed by atoms with E-state index in [4.69, 9.17) is 25.5 Å². The van der Waals surface area contributed by atoms with Crippen LogP contribution in [0, 0.1) is 0 Å². The van der Waals surface area contributed by atoms with Crippen molar-refractivity contribution in [3.63, 3.8) is 0 Å². The topological polar surface area (TPSA) is 122 Å². The highest BCUT2D eigenvalue weighted by Gasteiger charge is 2.45. The fourth-order valence-electron chi connectivity index (χ4n) is 3.69. The lowest BCUT2D eigenvalue weighted by Gasteiger charge is -2.44. The zero-order valence-corrected chi connectivity index (χ0v) is 20.2. The summed E-state index contributed by atoms with van der Waals surface area (Å²) in [6.07, 6.45) is -3.99. The molecule has 35 heavy (non-hydrogen) atoms. The number of carbonyl (C=O) groups excluding carboxylic acids is 2. The van der Waals surface area contributed by atoms with Gasteiger partial charge in [-0.3, -0.25) is 0 Å². The van der Waals surface area contributed by atoms with E-state index in [1.807, 2.05) is 0 Å². The summed E-state index contributed by atoms with van der Waals surface area (Å²) in [6, 6.07) is 10.8. The first kappa shape index (κ1) is 24.2. The number of amides is 2. The van der Waals surface area contributed by atoms with Crippen molar-refractivity contribution in [2.75, 3.05) is 10.3 Å². The molecule has 0 unspecified atom stereocenters. The number of phenolic OH excluding ortho intramolecular Hbond substituents is 1. The second kappa shape index (κ2) is 9.38. The van der Waals surface area contributed by atoms with Crippen LogP contribution in [-0.4, -0.2) is 34.5 Å². The van der Waals surface area contributed by atoms with Crippen LogP contribution in [0.2, 0.25) is 5.02 Å². The zero-order chi connectivity index (χ0) is 25.4. The number of benzene rings is 2. The second-order valence-electron chi connectivity index (χ2n) is 8.39. The van der Waals surface area contributed by atoms with Crippen LogP contribution >= 0.6 is 11.6 Å². The molecule has 2 N–H and O–H groups in total. The number of para-hydroxylation sites is 1. The lowest BCUT2D eigenvalue weighted by molar-refractivity contribution is 0.0509. The Morgan fingerprint density at radius 3 is 2.37 bits per heavy atom. The van der Waals surface area contributed by atoms with Gasteiger partial charge in [0.1, 0.15) is 22.7 Å². The molecule has 0 radical (unpaired) electrons. The Morgan fingerprint density at radius 1 is 1.06 bits per heavy atom. The second-order valence-corrected chi connectivity index (χ2v) is 8.80. The summed E-state index contributed by atoms with van der Waals surface area (Å²) >= 11 is 6.12.